The van der Waals surface area contributed by atoms with E-state index in [1.807, 2.05) is 10.8 Å². The molecule has 0 aliphatic rings. The third-order valence-electron chi connectivity index (χ3n) is 0.861. The summed E-state index contributed by atoms with van der Waals surface area (Å²) in [6.07, 6.45) is 6.54. The van der Waals surface area contributed by atoms with Crippen molar-refractivity contribution in [3.05, 3.63) is 18.7 Å². The summed E-state index contributed by atoms with van der Waals surface area (Å²) in [5, 5.41) is 6.71. The Morgan fingerprint density at radius 2 is 2.62 bits per heavy atom. The first kappa shape index (κ1) is 5.03. The number of nitrogens with one attached hydrogen (secondary N) is 1. The van der Waals surface area contributed by atoms with Crippen LogP contribution in [-0.4, -0.2) is 15.8 Å². The lowest BCUT2D eigenvalue weighted by atomic mass is 10.7. The van der Waals surface area contributed by atoms with Crippen LogP contribution in [0.4, 0.5) is 0 Å². The van der Waals surface area contributed by atoms with Crippen molar-refractivity contribution < 1.29 is 0 Å². The molecule has 0 amide bonds. The Kier molecular flexibility index (Phi) is 1.42. The molecule has 0 aliphatic carbocycles. The summed E-state index contributed by atoms with van der Waals surface area (Å²) in [6.45, 7) is 0.625. The highest BCUT2D eigenvalue weighted by Gasteiger charge is 1.80. The molecule has 0 spiro atoms. The zero-order chi connectivity index (χ0) is 5.82. The second-order valence-electron chi connectivity index (χ2n) is 1.46. The van der Waals surface area contributed by atoms with Gasteiger partial charge >= 0.3 is 0 Å². The topological polar surface area (TPSA) is 41.7 Å². The Balaban J connectivity index is 2.62. The van der Waals surface area contributed by atoms with Crippen LogP contribution in [0, 0.1) is 5.41 Å². The smallest absolute Gasteiger partial charge is 0.0949 e. The van der Waals surface area contributed by atoms with Gasteiger partial charge in [-0.15, -0.1) is 0 Å². The molecule has 0 saturated heterocycles. The largest absolute Gasteiger partial charge is 0.332 e. The summed E-state index contributed by atoms with van der Waals surface area (Å²) in [7, 11) is 0. The summed E-state index contributed by atoms with van der Waals surface area (Å²) < 4.78 is 1.83. The number of imidazole rings is 1. The first-order valence-corrected chi connectivity index (χ1v) is 2.38. The molecule has 0 bridgehead atoms. The molecule has 0 aliphatic heterocycles. The Labute approximate surface area is 47.5 Å². The lowest BCUT2D eigenvalue weighted by Gasteiger charge is -1.88. The van der Waals surface area contributed by atoms with Gasteiger partial charge in [-0.05, 0) is 0 Å². The van der Waals surface area contributed by atoms with Gasteiger partial charge in [0.05, 0.1) is 12.9 Å². The second-order valence-corrected chi connectivity index (χ2v) is 1.46. The first-order valence-electron chi connectivity index (χ1n) is 2.38. The minimum atomic E-state index is 0.625. The van der Waals surface area contributed by atoms with Crippen molar-refractivity contribution in [2.75, 3.05) is 0 Å². The fraction of sp³-hybridized carbons (Fsp3) is 0.200. The van der Waals surface area contributed by atoms with E-state index in [9.17, 15) is 0 Å². The van der Waals surface area contributed by atoms with E-state index in [1.165, 1.54) is 6.21 Å². The molecule has 0 radical (unpaired) electrons. The normalized spacial score (nSPS) is 9.00. The quantitative estimate of drug-likeness (QED) is 0.553. The molecule has 1 aromatic rings. The van der Waals surface area contributed by atoms with Gasteiger partial charge in [-0.2, -0.15) is 0 Å². The molecular weight excluding hydrogens is 102 g/mol. The van der Waals surface area contributed by atoms with Gasteiger partial charge in [0.2, 0.25) is 0 Å². The molecule has 1 aromatic heterocycles. The first-order chi connectivity index (χ1) is 3.93. The summed E-state index contributed by atoms with van der Waals surface area (Å²) in [5.41, 5.74) is 0. The number of hydrogen-bond acceptors (Lipinski definition) is 2. The van der Waals surface area contributed by atoms with Gasteiger partial charge in [0.1, 0.15) is 0 Å². The number of rotatable bonds is 2. The van der Waals surface area contributed by atoms with Gasteiger partial charge in [-0.25, -0.2) is 4.98 Å². The lowest BCUT2D eigenvalue weighted by Crippen LogP contribution is -1.92. The Hall–Kier alpha value is -1.12. The summed E-state index contributed by atoms with van der Waals surface area (Å²) >= 11 is 0. The van der Waals surface area contributed by atoms with Crippen molar-refractivity contribution in [1.29, 1.82) is 5.41 Å². The average Bonchev–Trinajstić information content (AvgIpc) is 2.19. The molecule has 0 aromatic carbocycles. The molecule has 42 valence electrons. The van der Waals surface area contributed by atoms with Crippen LogP contribution in [0.1, 0.15) is 0 Å². The Morgan fingerprint density at radius 3 is 3.12 bits per heavy atom. The number of hydrogen-bond donors (Lipinski definition) is 1. The van der Waals surface area contributed by atoms with Crippen LogP contribution in [0.15, 0.2) is 18.7 Å². The predicted octanol–water partition coefficient (Wildman–Crippen LogP) is 0.533. The third-order valence-corrected chi connectivity index (χ3v) is 0.861. The molecule has 0 atom stereocenters. The molecule has 1 rings (SSSR count). The molecule has 3 nitrogen and oxygen atoms in total. The van der Waals surface area contributed by atoms with E-state index < -0.39 is 0 Å². The maximum atomic E-state index is 6.71. The maximum absolute atomic E-state index is 6.71. The number of aromatic nitrogens is 2. The van der Waals surface area contributed by atoms with Crippen molar-refractivity contribution >= 4 is 6.21 Å². The van der Waals surface area contributed by atoms with Crippen LogP contribution in [0.2, 0.25) is 0 Å². The van der Waals surface area contributed by atoms with Crippen molar-refractivity contribution in [3.63, 3.8) is 0 Å². The van der Waals surface area contributed by atoms with Crippen molar-refractivity contribution in [3.8, 4) is 0 Å². The van der Waals surface area contributed by atoms with Crippen LogP contribution >= 0.6 is 0 Å². The molecule has 0 fully saturated rings. The van der Waals surface area contributed by atoms with E-state index in [4.69, 9.17) is 5.41 Å². The van der Waals surface area contributed by atoms with Gasteiger partial charge in [0.15, 0.2) is 0 Å². The van der Waals surface area contributed by atoms with Crippen LogP contribution < -0.4 is 0 Å². The van der Waals surface area contributed by atoms with E-state index >= 15 is 0 Å². The minimum Gasteiger partial charge on any atom is -0.332 e. The highest BCUT2D eigenvalue weighted by molar-refractivity contribution is 5.52. The lowest BCUT2D eigenvalue weighted by molar-refractivity contribution is 0.859. The standard InChI is InChI=1S/C5H7N3/c6-1-3-8-4-2-7-5-8/h1-2,4-6H,3H2. The second kappa shape index (κ2) is 2.26. The third kappa shape index (κ3) is 0.932. The highest BCUT2D eigenvalue weighted by atomic mass is 15.0. The minimum absolute atomic E-state index is 0.625. The fourth-order valence-corrected chi connectivity index (χ4v) is 0.500. The molecule has 3 heteroatoms. The van der Waals surface area contributed by atoms with Gasteiger partial charge in [0, 0.05) is 18.6 Å². The summed E-state index contributed by atoms with van der Waals surface area (Å²) in [4.78, 5) is 3.80. The van der Waals surface area contributed by atoms with E-state index in [0.29, 0.717) is 6.54 Å². The summed E-state index contributed by atoms with van der Waals surface area (Å²) in [6, 6.07) is 0. The van der Waals surface area contributed by atoms with Crippen molar-refractivity contribution in [2.24, 2.45) is 0 Å². The van der Waals surface area contributed by atoms with Gasteiger partial charge in [-0.1, -0.05) is 0 Å². The van der Waals surface area contributed by atoms with Crippen LogP contribution in [0.25, 0.3) is 0 Å². The molecule has 0 saturated carbocycles. The molecule has 8 heavy (non-hydrogen) atoms. The number of nitrogens with zero attached hydrogens (tertiary/aromatic N) is 2. The average molecular weight is 109 g/mol. The zero-order valence-corrected chi connectivity index (χ0v) is 4.41. The fourth-order valence-electron chi connectivity index (χ4n) is 0.500. The molecular formula is C5H7N3. The molecule has 0 unspecified atom stereocenters. The van der Waals surface area contributed by atoms with E-state index in [1.54, 1.807) is 12.5 Å². The zero-order valence-electron chi connectivity index (χ0n) is 4.41. The Bertz CT molecular complexity index is 154. The van der Waals surface area contributed by atoms with Crippen molar-refractivity contribution in [2.45, 2.75) is 6.54 Å². The van der Waals surface area contributed by atoms with Gasteiger partial charge in [-0.3, -0.25) is 0 Å². The predicted molar refractivity (Wildman–Crippen MR) is 31.0 cm³/mol. The molecule has 1 heterocycles. The molecule has 1 N–H and O–H groups in total. The SMILES string of the molecule is N=CCn1ccnc1. The van der Waals surface area contributed by atoms with E-state index in [2.05, 4.69) is 4.98 Å². The monoisotopic (exact) mass is 109 g/mol. The Morgan fingerprint density at radius 1 is 1.75 bits per heavy atom. The van der Waals surface area contributed by atoms with Crippen molar-refractivity contribution in [1.82, 2.24) is 9.55 Å². The van der Waals surface area contributed by atoms with Gasteiger partial charge in [0.25, 0.3) is 0 Å². The van der Waals surface area contributed by atoms with Gasteiger partial charge < -0.3 is 9.98 Å². The summed E-state index contributed by atoms with van der Waals surface area (Å²) in [5.74, 6) is 0. The highest BCUT2D eigenvalue weighted by Crippen LogP contribution is 1.80. The van der Waals surface area contributed by atoms with E-state index in [0.717, 1.165) is 0 Å². The van der Waals surface area contributed by atoms with Crippen LogP contribution in [0.5, 0.6) is 0 Å². The van der Waals surface area contributed by atoms with Crippen LogP contribution in [0.3, 0.4) is 0 Å². The van der Waals surface area contributed by atoms with E-state index in [-0.39, 0.29) is 0 Å². The van der Waals surface area contributed by atoms with Crippen LogP contribution in [-0.2, 0) is 6.54 Å². The maximum Gasteiger partial charge on any atom is 0.0949 e.